The number of primary amides is 1. The van der Waals surface area contributed by atoms with Crippen LogP contribution < -0.4 is 15.8 Å². The Labute approximate surface area is 236 Å². The van der Waals surface area contributed by atoms with Crippen LogP contribution in [0.5, 0.6) is 5.75 Å². The lowest BCUT2D eigenvalue weighted by molar-refractivity contribution is -0.122. The van der Waals surface area contributed by atoms with Crippen molar-refractivity contribution in [3.05, 3.63) is 119 Å². The number of nitrogens with zero attached hydrogens (tertiary/aromatic N) is 1. The van der Waals surface area contributed by atoms with Gasteiger partial charge in [-0.05, 0) is 67.4 Å². The standard InChI is InChI=1S/C32H30FN3O5/c1-18-17-25(19(2)41-18)30(37)27-26(20-9-15-24(40-3)16-10-20)29(31(34)38)36(28(27)21-7-5-4-6-8-21)32(39)35-23-13-11-22(33)12-14-23/h4-17,26-29H,1-3H3,(H2,34,38)(H,35,39). The molecule has 1 aromatic heterocycles. The van der Waals surface area contributed by atoms with Gasteiger partial charge in [0, 0.05) is 11.6 Å². The van der Waals surface area contributed by atoms with Crippen molar-refractivity contribution in [2.75, 3.05) is 12.4 Å². The number of ketones is 1. The number of hydrogen-bond donors (Lipinski definition) is 2. The van der Waals surface area contributed by atoms with Gasteiger partial charge < -0.3 is 25.1 Å². The monoisotopic (exact) mass is 555 g/mol. The number of halogens is 1. The molecule has 3 aromatic carbocycles. The van der Waals surface area contributed by atoms with Crippen LogP contribution in [-0.2, 0) is 4.79 Å². The number of hydrogen-bond acceptors (Lipinski definition) is 5. The summed E-state index contributed by atoms with van der Waals surface area (Å²) < 4.78 is 24.6. The Morgan fingerprint density at radius 3 is 2.15 bits per heavy atom. The van der Waals surface area contributed by atoms with E-state index in [9.17, 15) is 18.8 Å². The number of aryl methyl sites for hydroxylation is 2. The maximum atomic E-state index is 14.5. The summed E-state index contributed by atoms with van der Waals surface area (Å²) in [7, 11) is 1.54. The highest BCUT2D eigenvalue weighted by Gasteiger charge is 2.57. The Kier molecular flexibility index (Phi) is 7.61. The molecular weight excluding hydrogens is 525 g/mol. The van der Waals surface area contributed by atoms with Gasteiger partial charge >= 0.3 is 6.03 Å². The molecule has 3 amide bonds. The van der Waals surface area contributed by atoms with Crippen LogP contribution in [0.3, 0.4) is 0 Å². The van der Waals surface area contributed by atoms with E-state index >= 15 is 0 Å². The molecule has 9 heteroatoms. The van der Waals surface area contributed by atoms with Gasteiger partial charge in [0.25, 0.3) is 0 Å². The van der Waals surface area contributed by atoms with Crippen LogP contribution >= 0.6 is 0 Å². The molecule has 41 heavy (non-hydrogen) atoms. The van der Waals surface area contributed by atoms with Crippen LogP contribution in [0, 0.1) is 25.6 Å². The highest BCUT2D eigenvalue weighted by Crippen LogP contribution is 2.51. The second-order valence-electron chi connectivity index (χ2n) is 10.1. The zero-order chi connectivity index (χ0) is 29.3. The van der Waals surface area contributed by atoms with Gasteiger partial charge in [-0.1, -0.05) is 42.5 Å². The van der Waals surface area contributed by atoms with Crippen LogP contribution in [0.25, 0.3) is 0 Å². The highest BCUT2D eigenvalue weighted by molar-refractivity contribution is 6.03. The number of benzene rings is 3. The first kappa shape index (κ1) is 27.6. The van der Waals surface area contributed by atoms with E-state index in [1.54, 1.807) is 63.4 Å². The molecule has 1 fully saturated rings. The molecule has 4 unspecified atom stereocenters. The van der Waals surface area contributed by atoms with E-state index in [1.165, 1.54) is 29.2 Å². The molecule has 2 heterocycles. The van der Waals surface area contributed by atoms with Crippen LogP contribution in [0.4, 0.5) is 14.9 Å². The van der Waals surface area contributed by atoms with E-state index in [2.05, 4.69) is 5.32 Å². The summed E-state index contributed by atoms with van der Waals surface area (Å²) in [5.41, 5.74) is 8.02. The van der Waals surface area contributed by atoms with Crippen molar-refractivity contribution in [2.45, 2.75) is 31.8 Å². The Bertz CT molecular complexity index is 1570. The minimum Gasteiger partial charge on any atom is -0.497 e. The first-order valence-electron chi connectivity index (χ1n) is 13.1. The second-order valence-corrected chi connectivity index (χ2v) is 10.1. The van der Waals surface area contributed by atoms with E-state index < -0.39 is 41.7 Å². The molecule has 1 saturated heterocycles. The number of Topliss-reactive ketones (excluding diaryl/α,β-unsaturated/α-hetero) is 1. The summed E-state index contributed by atoms with van der Waals surface area (Å²) in [6.07, 6.45) is 0. The molecule has 5 rings (SSSR count). The average Bonchev–Trinajstić information content (AvgIpc) is 3.51. The fourth-order valence-corrected chi connectivity index (χ4v) is 5.80. The molecule has 4 aromatic rings. The fourth-order valence-electron chi connectivity index (χ4n) is 5.80. The lowest BCUT2D eigenvalue weighted by Gasteiger charge is -2.31. The number of methoxy groups -OCH3 is 1. The molecule has 210 valence electrons. The molecule has 1 aliphatic heterocycles. The molecule has 1 aliphatic rings. The minimum absolute atomic E-state index is 0.280. The normalized spacial score (nSPS) is 20.0. The summed E-state index contributed by atoms with van der Waals surface area (Å²) in [4.78, 5) is 43.1. The summed E-state index contributed by atoms with van der Waals surface area (Å²) >= 11 is 0. The predicted octanol–water partition coefficient (Wildman–Crippen LogP) is 5.77. The number of furan rings is 1. The SMILES string of the molecule is COc1ccc(C2C(C(=O)c3cc(C)oc3C)C(c3ccccc3)N(C(=O)Nc3ccc(F)cc3)C2C(N)=O)cc1. The number of ether oxygens (including phenoxy) is 1. The van der Waals surface area contributed by atoms with E-state index in [1.807, 2.05) is 18.2 Å². The van der Waals surface area contributed by atoms with E-state index in [4.69, 9.17) is 14.9 Å². The van der Waals surface area contributed by atoms with Gasteiger partial charge in [-0.15, -0.1) is 0 Å². The number of rotatable bonds is 7. The number of nitrogens with two attached hydrogens (primary N) is 1. The Morgan fingerprint density at radius 1 is 0.927 bits per heavy atom. The minimum atomic E-state index is -1.20. The molecule has 0 saturated carbocycles. The van der Waals surface area contributed by atoms with Crippen molar-refractivity contribution in [2.24, 2.45) is 11.7 Å². The number of urea groups is 1. The predicted molar refractivity (Wildman–Crippen MR) is 151 cm³/mol. The maximum Gasteiger partial charge on any atom is 0.323 e. The average molecular weight is 556 g/mol. The zero-order valence-corrected chi connectivity index (χ0v) is 22.8. The number of carbonyl (C=O) groups excluding carboxylic acids is 3. The number of carbonyl (C=O) groups is 3. The first-order valence-corrected chi connectivity index (χ1v) is 13.1. The third-order valence-electron chi connectivity index (χ3n) is 7.54. The smallest absolute Gasteiger partial charge is 0.323 e. The summed E-state index contributed by atoms with van der Waals surface area (Å²) in [5, 5.41) is 2.76. The molecule has 3 N–H and O–H groups in total. The van der Waals surface area contributed by atoms with Gasteiger partial charge in [-0.2, -0.15) is 0 Å². The van der Waals surface area contributed by atoms with Crippen molar-refractivity contribution < 1.29 is 27.9 Å². The van der Waals surface area contributed by atoms with Gasteiger partial charge in [0.05, 0.1) is 24.6 Å². The number of nitrogens with one attached hydrogen (secondary N) is 1. The largest absolute Gasteiger partial charge is 0.497 e. The van der Waals surface area contributed by atoms with Crippen LogP contribution in [-0.4, -0.2) is 35.8 Å². The van der Waals surface area contributed by atoms with Crippen molar-refractivity contribution in [1.29, 1.82) is 0 Å². The molecule has 0 bridgehead atoms. The van der Waals surface area contributed by atoms with Crippen molar-refractivity contribution in [1.82, 2.24) is 4.90 Å². The van der Waals surface area contributed by atoms with E-state index in [0.717, 1.165) is 0 Å². The molecule has 0 radical (unpaired) electrons. The van der Waals surface area contributed by atoms with Crippen LogP contribution in [0.2, 0.25) is 0 Å². The van der Waals surface area contributed by atoms with E-state index in [-0.39, 0.29) is 5.78 Å². The van der Waals surface area contributed by atoms with Crippen LogP contribution in [0.1, 0.15) is 45.0 Å². The molecule has 4 atom stereocenters. The van der Waals surface area contributed by atoms with Crippen molar-refractivity contribution >= 4 is 23.4 Å². The number of anilines is 1. The van der Waals surface area contributed by atoms with Gasteiger partial charge in [0.1, 0.15) is 29.1 Å². The number of amides is 3. The first-order chi connectivity index (χ1) is 19.7. The van der Waals surface area contributed by atoms with Crippen molar-refractivity contribution in [3.63, 3.8) is 0 Å². The molecule has 0 spiro atoms. The topological polar surface area (TPSA) is 115 Å². The highest BCUT2D eigenvalue weighted by atomic mass is 19.1. The molecular formula is C32H30FN3O5. The number of likely N-dealkylation sites (tertiary alicyclic amines) is 1. The summed E-state index contributed by atoms with van der Waals surface area (Å²) in [6.45, 7) is 3.46. The van der Waals surface area contributed by atoms with Gasteiger partial charge in [0.15, 0.2) is 5.78 Å². The second kappa shape index (κ2) is 11.3. The Balaban J connectivity index is 1.71. The molecule has 8 nitrogen and oxygen atoms in total. The zero-order valence-electron chi connectivity index (χ0n) is 22.8. The molecule has 0 aliphatic carbocycles. The van der Waals surface area contributed by atoms with Crippen LogP contribution in [0.15, 0.2) is 89.3 Å². The lowest BCUT2D eigenvalue weighted by atomic mass is 9.76. The quantitative estimate of drug-likeness (QED) is 0.281. The summed E-state index contributed by atoms with van der Waals surface area (Å²) in [6, 6.07) is 20.3. The van der Waals surface area contributed by atoms with E-state index in [0.29, 0.717) is 39.6 Å². The third kappa shape index (κ3) is 5.30. The van der Waals surface area contributed by atoms with Crippen molar-refractivity contribution in [3.8, 4) is 5.75 Å². The van der Waals surface area contributed by atoms with Gasteiger partial charge in [0.2, 0.25) is 5.91 Å². The fraction of sp³-hybridized carbons (Fsp3) is 0.219. The summed E-state index contributed by atoms with van der Waals surface area (Å²) in [5.74, 6) is -1.61. The maximum absolute atomic E-state index is 14.5. The Hall–Kier alpha value is -4.92. The van der Waals surface area contributed by atoms with Gasteiger partial charge in [-0.3, -0.25) is 9.59 Å². The van der Waals surface area contributed by atoms with Gasteiger partial charge in [-0.25, -0.2) is 9.18 Å². The lowest BCUT2D eigenvalue weighted by Crippen LogP contribution is -2.48. The Morgan fingerprint density at radius 2 is 1.59 bits per heavy atom. The third-order valence-corrected chi connectivity index (χ3v) is 7.54.